The summed E-state index contributed by atoms with van der Waals surface area (Å²) in [7, 11) is 1.89. The number of rotatable bonds is 2. The van der Waals surface area contributed by atoms with E-state index < -0.39 is 0 Å². The summed E-state index contributed by atoms with van der Waals surface area (Å²) in [5.41, 5.74) is 0.690. The number of nitrogens with zero attached hydrogens (tertiary/aromatic N) is 1. The molecule has 2 rings (SSSR count). The van der Waals surface area contributed by atoms with Gasteiger partial charge in [-0.25, -0.2) is 0 Å². The molecular formula is C13H19BrN2O. The van der Waals surface area contributed by atoms with Gasteiger partial charge in [0, 0.05) is 23.3 Å². The summed E-state index contributed by atoms with van der Waals surface area (Å²) in [5.74, 6) is 0.0302. The van der Waals surface area contributed by atoms with Crippen molar-refractivity contribution in [2.45, 2.75) is 44.6 Å². The van der Waals surface area contributed by atoms with E-state index in [2.05, 4.69) is 28.2 Å². The smallest absolute Gasteiger partial charge is 0.268 e. The van der Waals surface area contributed by atoms with Crippen molar-refractivity contribution in [1.82, 2.24) is 9.88 Å². The summed E-state index contributed by atoms with van der Waals surface area (Å²) in [6.45, 7) is 2.15. The second kappa shape index (κ2) is 4.84. The van der Waals surface area contributed by atoms with Gasteiger partial charge >= 0.3 is 0 Å². The number of hydrogen-bond acceptors (Lipinski definition) is 1. The normalized spacial score (nSPS) is 19.0. The molecule has 1 heterocycles. The fourth-order valence-electron chi connectivity index (χ4n) is 2.55. The van der Waals surface area contributed by atoms with Crippen molar-refractivity contribution in [3.05, 3.63) is 22.4 Å². The maximum Gasteiger partial charge on any atom is 0.268 e. The van der Waals surface area contributed by atoms with Crippen LogP contribution in [0.15, 0.2) is 16.7 Å². The van der Waals surface area contributed by atoms with Crippen LogP contribution in [0.25, 0.3) is 0 Å². The minimum absolute atomic E-state index is 0.0217. The lowest BCUT2D eigenvalue weighted by Crippen LogP contribution is -2.47. The first-order valence-corrected chi connectivity index (χ1v) is 6.94. The SMILES string of the molecule is Cn1cc(Br)cc1C(=O)NC1(C)CCCCC1. The molecule has 1 aliphatic rings. The molecule has 94 valence electrons. The third-order valence-corrected chi connectivity index (χ3v) is 4.01. The summed E-state index contributed by atoms with van der Waals surface area (Å²) in [6.07, 6.45) is 7.80. The molecule has 3 nitrogen and oxygen atoms in total. The van der Waals surface area contributed by atoms with Gasteiger partial charge in [0.05, 0.1) is 0 Å². The maximum absolute atomic E-state index is 12.2. The van der Waals surface area contributed by atoms with Gasteiger partial charge in [-0.05, 0) is 41.8 Å². The molecule has 1 fully saturated rings. The van der Waals surface area contributed by atoms with Crippen LogP contribution in [0.1, 0.15) is 49.5 Å². The van der Waals surface area contributed by atoms with E-state index in [1.165, 1.54) is 19.3 Å². The van der Waals surface area contributed by atoms with Crippen molar-refractivity contribution >= 4 is 21.8 Å². The zero-order valence-corrected chi connectivity index (χ0v) is 12.0. The van der Waals surface area contributed by atoms with Crippen LogP contribution < -0.4 is 5.32 Å². The van der Waals surface area contributed by atoms with E-state index in [1.807, 2.05) is 23.9 Å². The summed E-state index contributed by atoms with van der Waals surface area (Å²) >= 11 is 3.39. The van der Waals surface area contributed by atoms with Crippen LogP contribution in [0.5, 0.6) is 0 Å². The molecule has 4 heteroatoms. The zero-order valence-electron chi connectivity index (χ0n) is 10.4. The van der Waals surface area contributed by atoms with Crippen molar-refractivity contribution < 1.29 is 4.79 Å². The van der Waals surface area contributed by atoms with Crippen LogP contribution in [0.3, 0.4) is 0 Å². The number of halogens is 1. The summed E-state index contributed by atoms with van der Waals surface area (Å²) in [6, 6.07) is 1.86. The molecule has 0 atom stereocenters. The van der Waals surface area contributed by atoms with Gasteiger partial charge in [0.15, 0.2) is 0 Å². The van der Waals surface area contributed by atoms with Crippen molar-refractivity contribution in [3.63, 3.8) is 0 Å². The third-order valence-electron chi connectivity index (χ3n) is 3.58. The predicted octanol–water partition coefficient (Wildman–Crippen LogP) is 3.24. The molecule has 1 amide bonds. The second-order valence-corrected chi connectivity index (χ2v) is 6.15. The summed E-state index contributed by atoms with van der Waals surface area (Å²) < 4.78 is 2.80. The Kier molecular flexibility index (Phi) is 3.61. The molecule has 0 aromatic carbocycles. The molecule has 1 saturated carbocycles. The molecule has 1 aliphatic carbocycles. The minimum atomic E-state index is -0.0217. The standard InChI is InChI=1S/C13H19BrN2O/c1-13(6-4-3-5-7-13)15-12(17)11-8-10(14)9-16(11)2/h8-9H,3-7H2,1-2H3,(H,15,17). The lowest BCUT2D eigenvalue weighted by Gasteiger charge is -2.34. The Morgan fingerprint density at radius 1 is 1.41 bits per heavy atom. The highest BCUT2D eigenvalue weighted by Gasteiger charge is 2.29. The van der Waals surface area contributed by atoms with Crippen LogP contribution in [0.4, 0.5) is 0 Å². The van der Waals surface area contributed by atoms with Gasteiger partial charge in [0.1, 0.15) is 5.69 Å². The first kappa shape index (κ1) is 12.7. The molecule has 0 unspecified atom stereocenters. The van der Waals surface area contributed by atoms with E-state index in [4.69, 9.17) is 0 Å². The Morgan fingerprint density at radius 3 is 2.59 bits per heavy atom. The lowest BCUT2D eigenvalue weighted by molar-refractivity contribution is 0.0874. The van der Waals surface area contributed by atoms with Crippen LogP contribution >= 0.6 is 15.9 Å². The highest BCUT2D eigenvalue weighted by molar-refractivity contribution is 9.10. The Bertz CT molecular complexity index is 419. The first-order chi connectivity index (χ1) is 8.00. The number of carbonyl (C=O) groups is 1. The average Bonchev–Trinajstić information content (AvgIpc) is 2.58. The third kappa shape index (κ3) is 2.92. The quantitative estimate of drug-likeness (QED) is 0.893. The molecule has 0 spiro atoms. The van der Waals surface area contributed by atoms with E-state index in [9.17, 15) is 4.79 Å². The van der Waals surface area contributed by atoms with Crippen molar-refractivity contribution in [2.24, 2.45) is 7.05 Å². The molecule has 0 aliphatic heterocycles. The van der Waals surface area contributed by atoms with Gasteiger partial charge in [-0.3, -0.25) is 4.79 Å². The topological polar surface area (TPSA) is 34.0 Å². The van der Waals surface area contributed by atoms with Gasteiger partial charge < -0.3 is 9.88 Å². The number of aryl methyl sites for hydroxylation is 1. The van der Waals surface area contributed by atoms with E-state index in [-0.39, 0.29) is 11.4 Å². The maximum atomic E-state index is 12.2. The van der Waals surface area contributed by atoms with Crippen LogP contribution in [0, 0.1) is 0 Å². The van der Waals surface area contributed by atoms with E-state index in [0.717, 1.165) is 17.3 Å². The van der Waals surface area contributed by atoms with Crippen molar-refractivity contribution in [1.29, 1.82) is 0 Å². The fraction of sp³-hybridized carbons (Fsp3) is 0.615. The monoisotopic (exact) mass is 298 g/mol. The largest absolute Gasteiger partial charge is 0.346 e. The van der Waals surface area contributed by atoms with Crippen LogP contribution in [-0.4, -0.2) is 16.0 Å². The molecular weight excluding hydrogens is 280 g/mol. The van der Waals surface area contributed by atoms with Gasteiger partial charge in [-0.15, -0.1) is 0 Å². The molecule has 0 bridgehead atoms. The highest BCUT2D eigenvalue weighted by Crippen LogP contribution is 2.28. The fourth-order valence-corrected chi connectivity index (χ4v) is 3.07. The van der Waals surface area contributed by atoms with Crippen LogP contribution in [0.2, 0.25) is 0 Å². The molecule has 1 N–H and O–H groups in total. The van der Waals surface area contributed by atoms with Crippen LogP contribution in [-0.2, 0) is 7.05 Å². The van der Waals surface area contributed by atoms with Gasteiger partial charge in [-0.2, -0.15) is 0 Å². The number of hydrogen-bond donors (Lipinski definition) is 1. The average molecular weight is 299 g/mol. The number of carbonyl (C=O) groups excluding carboxylic acids is 1. The first-order valence-electron chi connectivity index (χ1n) is 6.15. The lowest BCUT2D eigenvalue weighted by atomic mass is 9.83. The van der Waals surface area contributed by atoms with Gasteiger partial charge in [0.25, 0.3) is 5.91 Å². The molecule has 0 radical (unpaired) electrons. The minimum Gasteiger partial charge on any atom is -0.346 e. The number of nitrogens with one attached hydrogen (secondary N) is 1. The molecule has 1 aromatic rings. The van der Waals surface area contributed by atoms with E-state index >= 15 is 0 Å². The van der Waals surface area contributed by atoms with Gasteiger partial charge in [-0.1, -0.05) is 19.3 Å². The van der Waals surface area contributed by atoms with Crippen molar-refractivity contribution in [2.75, 3.05) is 0 Å². The number of aromatic nitrogens is 1. The predicted molar refractivity (Wildman–Crippen MR) is 72.1 cm³/mol. The van der Waals surface area contributed by atoms with E-state index in [1.54, 1.807) is 0 Å². The Labute approximate surface area is 111 Å². The van der Waals surface area contributed by atoms with Gasteiger partial charge in [0.2, 0.25) is 0 Å². The zero-order chi connectivity index (χ0) is 12.5. The molecule has 1 aromatic heterocycles. The Morgan fingerprint density at radius 2 is 2.06 bits per heavy atom. The van der Waals surface area contributed by atoms with Crippen molar-refractivity contribution in [3.8, 4) is 0 Å². The Balaban J connectivity index is 2.08. The second-order valence-electron chi connectivity index (χ2n) is 5.23. The summed E-state index contributed by atoms with van der Waals surface area (Å²) in [4.78, 5) is 12.2. The molecule has 17 heavy (non-hydrogen) atoms. The highest BCUT2D eigenvalue weighted by atomic mass is 79.9. The Hall–Kier alpha value is -0.770. The number of amides is 1. The van der Waals surface area contributed by atoms with E-state index in [0.29, 0.717) is 5.69 Å². The summed E-state index contributed by atoms with van der Waals surface area (Å²) in [5, 5.41) is 3.19. The molecule has 0 saturated heterocycles.